The molecule has 1 amide bonds. The third kappa shape index (κ3) is 3.34. The van der Waals surface area contributed by atoms with Crippen molar-refractivity contribution in [3.63, 3.8) is 0 Å². The lowest BCUT2D eigenvalue weighted by Crippen LogP contribution is -2.30. The van der Waals surface area contributed by atoms with E-state index in [1.807, 2.05) is 4.90 Å². The van der Waals surface area contributed by atoms with Crippen LogP contribution in [0.3, 0.4) is 0 Å². The van der Waals surface area contributed by atoms with Crippen LogP contribution in [-0.4, -0.2) is 33.9 Å². The van der Waals surface area contributed by atoms with E-state index in [0.717, 1.165) is 18.7 Å². The Bertz CT molecular complexity index is 575. The van der Waals surface area contributed by atoms with Gasteiger partial charge in [0.15, 0.2) is 0 Å². The fraction of sp³-hybridized carbons (Fsp3) is 0.688. The molecule has 3 rings (SSSR count). The van der Waals surface area contributed by atoms with Crippen LogP contribution in [0.2, 0.25) is 0 Å². The maximum absolute atomic E-state index is 12.3. The highest BCUT2D eigenvalue weighted by Crippen LogP contribution is 2.30. The van der Waals surface area contributed by atoms with E-state index in [2.05, 4.69) is 9.97 Å². The highest BCUT2D eigenvalue weighted by Gasteiger charge is 2.30. The summed E-state index contributed by atoms with van der Waals surface area (Å²) in [5.74, 6) is 1.73. The van der Waals surface area contributed by atoms with Crippen molar-refractivity contribution in [2.75, 3.05) is 13.1 Å². The first-order chi connectivity index (χ1) is 10.1. The van der Waals surface area contributed by atoms with Gasteiger partial charge in [-0.3, -0.25) is 9.59 Å². The van der Waals surface area contributed by atoms with Crippen LogP contribution in [0, 0.1) is 12.8 Å². The van der Waals surface area contributed by atoms with Gasteiger partial charge in [-0.15, -0.1) is 0 Å². The highest BCUT2D eigenvalue weighted by molar-refractivity contribution is 5.76. The van der Waals surface area contributed by atoms with Gasteiger partial charge in [-0.1, -0.05) is 12.8 Å². The number of carbonyl (C=O) groups is 1. The summed E-state index contributed by atoms with van der Waals surface area (Å²) in [6.45, 7) is 3.30. The minimum atomic E-state index is -0.103. The lowest BCUT2D eigenvalue weighted by atomic mass is 10.0. The monoisotopic (exact) mass is 289 g/mol. The molecule has 2 aliphatic rings. The van der Waals surface area contributed by atoms with Crippen LogP contribution in [-0.2, 0) is 4.79 Å². The fourth-order valence-corrected chi connectivity index (χ4v) is 3.63. The van der Waals surface area contributed by atoms with E-state index in [0.29, 0.717) is 24.7 Å². The quantitative estimate of drug-likeness (QED) is 0.925. The number of aromatic amines is 1. The van der Waals surface area contributed by atoms with Crippen molar-refractivity contribution in [1.82, 2.24) is 14.9 Å². The molecule has 0 radical (unpaired) electrons. The second-order valence-electron chi connectivity index (χ2n) is 6.44. The molecule has 5 heteroatoms. The molecule has 0 spiro atoms. The number of hydrogen-bond donors (Lipinski definition) is 1. The number of hydrogen-bond acceptors (Lipinski definition) is 3. The molecule has 1 aromatic rings. The van der Waals surface area contributed by atoms with Crippen molar-refractivity contribution in [3.05, 3.63) is 27.9 Å². The number of aryl methyl sites for hydroxylation is 1. The second-order valence-corrected chi connectivity index (χ2v) is 6.44. The molecule has 0 bridgehead atoms. The number of amides is 1. The summed E-state index contributed by atoms with van der Waals surface area (Å²) in [5, 5.41) is 0. The molecule has 1 saturated heterocycles. The van der Waals surface area contributed by atoms with Gasteiger partial charge in [0.1, 0.15) is 5.82 Å². The molecule has 0 aromatic carbocycles. The zero-order chi connectivity index (χ0) is 14.8. The minimum absolute atomic E-state index is 0.103. The molecule has 1 unspecified atom stereocenters. The average molecular weight is 289 g/mol. The zero-order valence-electron chi connectivity index (χ0n) is 12.6. The average Bonchev–Trinajstić information content (AvgIpc) is 3.08. The van der Waals surface area contributed by atoms with Crippen LogP contribution in [0.1, 0.15) is 56.0 Å². The topological polar surface area (TPSA) is 66.1 Å². The van der Waals surface area contributed by atoms with E-state index < -0.39 is 0 Å². The van der Waals surface area contributed by atoms with Crippen LogP contribution in [0.25, 0.3) is 0 Å². The van der Waals surface area contributed by atoms with Crippen molar-refractivity contribution in [2.45, 2.75) is 51.4 Å². The van der Waals surface area contributed by atoms with Crippen molar-refractivity contribution >= 4 is 5.91 Å². The standard InChI is InChI=1S/C16H23N3O2/c1-11-17-14(9-15(20)18-11)13-6-7-19(10-13)16(21)8-12-4-2-3-5-12/h9,12-13H,2-8,10H2,1H3,(H,17,18,20). The zero-order valence-corrected chi connectivity index (χ0v) is 12.6. The van der Waals surface area contributed by atoms with Gasteiger partial charge in [-0.05, 0) is 32.1 Å². The Morgan fingerprint density at radius 2 is 2.14 bits per heavy atom. The number of likely N-dealkylation sites (tertiary alicyclic amines) is 1. The van der Waals surface area contributed by atoms with Crippen molar-refractivity contribution in [3.8, 4) is 0 Å². The number of carbonyl (C=O) groups excluding carboxylic acids is 1. The Morgan fingerprint density at radius 1 is 1.38 bits per heavy atom. The predicted molar refractivity (Wildman–Crippen MR) is 80.1 cm³/mol. The largest absolute Gasteiger partial charge is 0.342 e. The first kappa shape index (κ1) is 14.3. The van der Waals surface area contributed by atoms with Gasteiger partial charge < -0.3 is 9.88 Å². The molecule has 114 valence electrons. The fourth-order valence-electron chi connectivity index (χ4n) is 3.63. The van der Waals surface area contributed by atoms with E-state index in [4.69, 9.17) is 0 Å². The van der Waals surface area contributed by atoms with E-state index in [1.165, 1.54) is 25.7 Å². The van der Waals surface area contributed by atoms with Crippen LogP contribution in [0.15, 0.2) is 10.9 Å². The number of aromatic nitrogens is 2. The Hall–Kier alpha value is -1.65. The van der Waals surface area contributed by atoms with Crippen LogP contribution < -0.4 is 5.56 Å². The van der Waals surface area contributed by atoms with Gasteiger partial charge in [0.05, 0.1) is 5.69 Å². The van der Waals surface area contributed by atoms with Gasteiger partial charge >= 0.3 is 0 Å². The summed E-state index contributed by atoms with van der Waals surface area (Å²) in [6.07, 6.45) is 6.57. The number of nitrogens with one attached hydrogen (secondary N) is 1. The first-order valence-corrected chi connectivity index (χ1v) is 7.97. The van der Waals surface area contributed by atoms with Crippen LogP contribution in [0.4, 0.5) is 0 Å². The van der Waals surface area contributed by atoms with Crippen molar-refractivity contribution in [1.29, 1.82) is 0 Å². The summed E-state index contributed by atoms with van der Waals surface area (Å²) < 4.78 is 0. The third-order valence-corrected chi connectivity index (χ3v) is 4.78. The molecule has 1 atom stereocenters. The summed E-state index contributed by atoms with van der Waals surface area (Å²) in [4.78, 5) is 32.9. The summed E-state index contributed by atoms with van der Waals surface area (Å²) in [5.41, 5.74) is 0.723. The second kappa shape index (κ2) is 6.00. The van der Waals surface area contributed by atoms with Gasteiger partial charge in [0.25, 0.3) is 5.56 Å². The molecule has 1 aliphatic heterocycles. The molecule has 1 saturated carbocycles. The molecule has 1 aliphatic carbocycles. The number of nitrogens with zero attached hydrogens (tertiary/aromatic N) is 2. The summed E-state index contributed by atoms with van der Waals surface area (Å²) in [7, 11) is 0. The predicted octanol–water partition coefficient (Wildman–Crippen LogP) is 1.97. The van der Waals surface area contributed by atoms with Crippen molar-refractivity contribution in [2.24, 2.45) is 5.92 Å². The maximum Gasteiger partial charge on any atom is 0.251 e. The van der Waals surface area contributed by atoms with Gasteiger partial charge in [-0.2, -0.15) is 0 Å². The van der Waals surface area contributed by atoms with E-state index in [9.17, 15) is 9.59 Å². The Labute approximate surface area is 124 Å². The minimum Gasteiger partial charge on any atom is -0.342 e. The summed E-state index contributed by atoms with van der Waals surface area (Å²) in [6, 6.07) is 1.57. The lowest BCUT2D eigenvalue weighted by molar-refractivity contribution is -0.131. The highest BCUT2D eigenvalue weighted by atomic mass is 16.2. The molecule has 1 aromatic heterocycles. The van der Waals surface area contributed by atoms with Gasteiger partial charge in [0, 0.05) is 31.5 Å². The van der Waals surface area contributed by atoms with E-state index in [1.54, 1.807) is 13.0 Å². The third-order valence-electron chi connectivity index (χ3n) is 4.78. The molecule has 2 heterocycles. The van der Waals surface area contributed by atoms with Crippen LogP contribution in [0.5, 0.6) is 0 Å². The molecular formula is C16H23N3O2. The number of rotatable bonds is 3. The van der Waals surface area contributed by atoms with Gasteiger partial charge in [-0.25, -0.2) is 4.98 Å². The molecule has 1 N–H and O–H groups in total. The van der Waals surface area contributed by atoms with E-state index >= 15 is 0 Å². The lowest BCUT2D eigenvalue weighted by Gasteiger charge is -2.18. The maximum atomic E-state index is 12.3. The van der Waals surface area contributed by atoms with Crippen LogP contribution >= 0.6 is 0 Å². The van der Waals surface area contributed by atoms with Gasteiger partial charge in [0.2, 0.25) is 5.91 Å². The number of H-pyrrole nitrogens is 1. The molecule has 2 fully saturated rings. The van der Waals surface area contributed by atoms with E-state index in [-0.39, 0.29) is 17.4 Å². The molecule has 5 nitrogen and oxygen atoms in total. The normalized spacial score (nSPS) is 22.9. The Balaban J connectivity index is 1.61. The molecular weight excluding hydrogens is 266 g/mol. The SMILES string of the molecule is Cc1nc(C2CCN(C(=O)CC3CCCC3)C2)cc(=O)[nH]1. The summed E-state index contributed by atoms with van der Waals surface area (Å²) >= 11 is 0. The first-order valence-electron chi connectivity index (χ1n) is 7.97. The van der Waals surface area contributed by atoms with Crippen molar-refractivity contribution < 1.29 is 4.79 Å². The smallest absolute Gasteiger partial charge is 0.251 e. The Kier molecular flexibility index (Phi) is 4.08. The Morgan fingerprint density at radius 3 is 2.86 bits per heavy atom. The molecule has 21 heavy (non-hydrogen) atoms.